The van der Waals surface area contributed by atoms with Crippen LogP contribution >= 0.6 is 0 Å². The standard InChI is InChI=1S/C14H17N3O4/c15-12(18)11-7-3-4-8-17(11)14(21)16-10-6-2-1-5-9(10)13(19)20/h1-2,5-6,11H,3-4,7-8H2,(H2,15,18)(H,16,21)(H,19,20). The van der Waals surface area contributed by atoms with E-state index in [0.29, 0.717) is 13.0 Å². The van der Waals surface area contributed by atoms with E-state index in [0.717, 1.165) is 12.8 Å². The van der Waals surface area contributed by atoms with Gasteiger partial charge >= 0.3 is 12.0 Å². The molecule has 3 amide bonds. The average molecular weight is 291 g/mol. The number of primary amides is 1. The van der Waals surface area contributed by atoms with Crippen LogP contribution in [0.2, 0.25) is 0 Å². The van der Waals surface area contributed by atoms with Crippen LogP contribution in [0, 0.1) is 0 Å². The lowest BCUT2D eigenvalue weighted by atomic mass is 10.0. The minimum atomic E-state index is -1.13. The molecule has 1 saturated heterocycles. The van der Waals surface area contributed by atoms with Gasteiger partial charge < -0.3 is 21.1 Å². The first-order chi connectivity index (χ1) is 10.0. The highest BCUT2D eigenvalue weighted by atomic mass is 16.4. The Hall–Kier alpha value is -2.57. The fourth-order valence-electron chi connectivity index (χ4n) is 2.44. The summed E-state index contributed by atoms with van der Waals surface area (Å²) in [6, 6.07) is 4.96. The van der Waals surface area contributed by atoms with Crippen molar-refractivity contribution >= 4 is 23.6 Å². The van der Waals surface area contributed by atoms with Crippen LogP contribution in [-0.2, 0) is 4.79 Å². The fraction of sp³-hybridized carbons (Fsp3) is 0.357. The minimum Gasteiger partial charge on any atom is -0.478 e. The molecule has 1 aliphatic rings. The van der Waals surface area contributed by atoms with Crippen LogP contribution in [0.5, 0.6) is 0 Å². The lowest BCUT2D eigenvalue weighted by Crippen LogP contribution is -2.52. The predicted molar refractivity (Wildman–Crippen MR) is 76.0 cm³/mol. The monoisotopic (exact) mass is 291 g/mol. The first-order valence-electron chi connectivity index (χ1n) is 6.70. The number of likely N-dealkylation sites (tertiary alicyclic amines) is 1. The summed E-state index contributed by atoms with van der Waals surface area (Å²) in [5.74, 6) is -1.67. The Kier molecular flexibility index (Phi) is 4.42. The Bertz CT molecular complexity index is 573. The number of amides is 3. The van der Waals surface area contributed by atoms with Gasteiger partial charge in [0, 0.05) is 6.54 Å². The van der Waals surface area contributed by atoms with E-state index >= 15 is 0 Å². The molecule has 1 atom stereocenters. The Morgan fingerprint density at radius 2 is 1.95 bits per heavy atom. The highest BCUT2D eigenvalue weighted by molar-refractivity contribution is 6.01. The molecule has 21 heavy (non-hydrogen) atoms. The second-order valence-electron chi connectivity index (χ2n) is 4.89. The molecule has 1 aliphatic heterocycles. The number of carbonyl (C=O) groups excluding carboxylic acids is 2. The van der Waals surface area contributed by atoms with E-state index in [1.54, 1.807) is 12.1 Å². The van der Waals surface area contributed by atoms with Gasteiger partial charge in [0.05, 0.1) is 11.3 Å². The molecule has 2 rings (SSSR count). The lowest BCUT2D eigenvalue weighted by molar-refractivity contribution is -0.123. The molecular formula is C14H17N3O4. The number of rotatable bonds is 3. The SMILES string of the molecule is NC(=O)C1CCCCN1C(=O)Nc1ccccc1C(=O)O. The normalized spacial score (nSPS) is 18.1. The molecular weight excluding hydrogens is 274 g/mol. The number of nitrogens with zero attached hydrogens (tertiary/aromatic N) is 1. The summed E-state index contributed by atoms with van der Waals surface area (Å²) in [5.41, 5.74) is 5.51. The van der Waals surface area contributed by atoms with Gasteiger partial charge in [0.2, 0.25) is 5.91 Å². The zero-order valence-electron chi connectivity index (χ0n) is 11.4. The van der Waals surface area contributed by atoms with Gasteiger partial charge in [-0.25, -0.2) is 9.59 Å². The van der Waals surface area contributed by atoms with Gasteiger partial charge in [0.15, 0.2) is 0 Å². The number of carboxylic acids is 1. The number of benzene rings is 1. The van der Waals surface area contributed by atoms with Crippen molar-refractivity contribution in [3.8, 4) is 0 Å². The first-order valence-corrected chi connectivity index (χ1v) is 6.70. The first kappa shape index (κ1) is 14.8. The van der Waals surface area contributed by atoms with Crippen molar-refractivity contribution in [3.05, 3.63) is 29.8 Å². The zero-order valence-corrected chi connectivity index (χ0v) is 11.4. The molecule has 0 bridgehead atoms. The third-order valence-electron chi connectivity index (χ3n) is 3.49. The maximum atomic E-state index is 12.3. The summed E-state index contributed by atoms with van der Waals surface area (Å²) in [7, 11) is 0. The van der Waals surface area contributed by atoms with Crippen LogP contribution in [0.4, 0.5) is 10.5 Å². The van der Waals surface area contributed by atoms with Crippen LogP contribution in [-0.4, -0.2) is 40.5 Å². The van der Waals surface area contributed by atoms with Crippen LogP contribution in [0.15, 0.2) is 24.3 Å². The van der Waals surface area contributed by atoms with Gasteiger partial charge in [0.1, 0.15) is 6.04 Å². The second kappa shape index (κ2) is 6.25. The molecule has 1 unspecified atom stereocenters. The van der Waals surface area contributed by atoms with E-state index in [1.165, 1.54) is 17.0 Å². The number of urea groups is 1. The van der Waals surface area contributed by atoms with Crippen molar-refractivity contribution in [2.75, 3.05) is 11.9 Å². The lowest BCUT2D eigenvalue weighted by Gasteiger charge is -2.33. The van der Waals surface area contributed by atoms with Crippen LogP contribution < -0.4 is 11.1 Å². The minimum absolute atomic E-state index is 0.00140. The van der Waals surface area contributed by atoms with E-state index in [4.69, 9.17) is 10.8 Å². The van der Waals surface area contributed by atoms with Gasteiger partial charge in [-0.05, 0) is 31.4 Å². The van der Waals surface area contributed by atoms with E-state index in [2.05, 4.69) is 5.32 Å². The number of piperidine rings is 1. The summed E-state index contributed by atoms with van der Waals surface area (Å²) < 4.78 is 0. The highest BCUT2D eigenvalue weighted by Crippen LogP contribution is 2.20. The van der Waals surface area contributed by atoms with Crippen molar-refractivity contribution < 1.29 is 19.5 Å². The summed E-state index contributed by atoms with van der Waals surface area (Å²) in [6.45, 7) is 0.425. The van der Waals surface area contributed by atoms with Gasteiger partial charge in [-0.2, -0.15) is 0 Å². The summed E-state index contributed by atoms with van der Waals surface area (Å²) in [5, 5.41) is 11.6. The van der Waals surface area contributed by atoms with E-state index in [1.807, 2.05) is 0 Å². The highest BCUT2D eigenvalue weighted by Gasteiger charge is 2.31. The van der Waals surface area contributed by atoms with Crippen molar-refractivity contribution in [1.29, 1.82) is 0 Å². The molecule has 7 heteroatoms. The third kappa shape index (κ3) is 3.31. The Balaban J connectivity index is 2.17. The maximum Gasteiger partial charge on any atom is 0.337 e. The molecule has 7 nitrogen and oxygen atoms in total. The molecule has 0 spiro atoms. The molecule has 4 N–H and O–H groups in total. The van der Waals surface area contributed by atoms with Gasteiger partial charge in [0.25, 0.3) is 0 Å². The molecule has 112 valence electrons. The number of nitrogens with one attached hydrogen (secondary N) is 1. The van der Waals surface area contributed by atoms with Crippen molar-refractivity contribution in [1.82, 2.24) is 4.90 Å². The maximum absolute atomic E-state index is 12.3. The van der Waals surface area contributed by atoms with Crippen LogP contribution in [0.1, 0.15) is 29.6 Å². The molecule has 0 radical (unpaired) electrons. The van der Waals surface area contributed by atoms with Crippen LogP contribution in [0.3, 0.4) is 0 Å². The quantitative estimate of drug-likeness (QED) is 0.778. The number of carbonyl (C=O) groups is 3. The third-order valence-corrected chi connectivity index (χ3v) is 3.49. The number of aromatic carboxylic acids is 1. The molecule has 0 aromatic heterocycles. The molecule has 1 heterocycles. The van der Waals surface area contributed by atoms with Gasteiger partial charge in [-0.3, -0.25) is 4.79 Å². The van der Waals surface area contributed by atoms with Crippen molar-refractivity contribution in [2.45, 2.75) is 25.3 Å². The predicted octanol–water partition coefficient (Wildman–Crippen LogP) is 1.26. The summed E-state index contributed by atoms with van der Waals surface area (Å²) in [6.07, 6.45) is 2.16. The number of hydrogen-bond donors (Lipinski definition) is 3. The van der Waals surface area contributed by atoms with E-state index in [-0.39, 0.29) is 11.3 Å². The van der Waals surface area contributed by atoms with E-state index < -0.39 is 23.9 Å². The number of hydrogen-bond acceptors (Lipinski definition) is 3. The average Bonchev–Trinajstić information content (AvgIpc) is 2.47. The Morgan fingerprint density at radius 3 is 2.62 bits per heavy atom. The van der Waals surface area contributed by atoms with Crippen molar-refractivity contribution in [3.63, 3.8) is 0 Å². The summed E-state index contributed by atoms with van der Waals surface area (Å²) >= 11 is 0. The Labute approximate surface area is 121 Å². The van der Waals surface area contributed by atoms with Crippen molar-refractivity contribution in [2.24, 2.45) is 5.73 Å². The molecule has 1 fully saturated rings. The number of carboxylic acid groups (broad SMARTS) is 1. The zero-order chi connectivity index (χ0) is 15.4. The number of para-hydroxylation sites is 1. The fourth-order valence-corrected chi connectivity index (χ4v) is 2.44. The number of nitrogens with two attached hydrogens (primary N) is 1. The topological polar surface area (TPSA) is 113 Å². The van der Waals surface area contributed by atoms with E-state index in [9.17, 15) is 14.4 Å². The smallest absolute Gasteiger partial charge is 0.337 e. The molecule has 1 aromatic rings. The summed E-state index contributed by atoms with van der Waals surface area (Å²) in [4.78, 5) is 36.2. The molecule has 0 aliphatic carbocycles. The molecule has 1 aromatic carbocycles. The largest absolute Gasteiger partial charge is 0.478 e. The van der Waals surface area contributed by atoms with Gasteiger partial charge in [-0.15, -0.1) is 0 Å². The second-order valence-corrected chi connectivity index (χ2v) is 4.89. The Morgan fingerprint density at radius 1 is 1.24 bits per heavy atom. The van der Waals surface area contributed by atoms with Gasteiger partial charge in [-0.1, -0.05) is 12.1 Å². The van der Waals surface area contributed by atoms with Crippen LogP contribution in [0.25, 0.3) is 0 Å². The number of anilines is 1. The molecule has 0 saturated carbocycles.